The van der Waals surface area contributed by atoms with Crippen LogP contribution >= 0.6 is 35.2 Å². The van der Waals surface area contributed by atoms with Gasteiger partial charge in [-0.1, -0.05) is 54.1 Å². The number of aryl methyl sites for hydroxylation is 1. The quantitative estimate of drug-likeness (QED) is 0.319. The fourth-order valence-electron chi connectivity index (χ4n) is 4.16. The number of anilines is 1. The molecule has 34 heavy (non-hydrogen) atoms. The van der Waals surface area contributed by atoms with Crippen molar-refractivity contribution in [3.63, 3.8) is 0 Å². The molecule has 0 bridgehead atoms. The molecule has 1 N–H and O–H groups in total. The summed E-state index contributed by atoms with van der Waals surface area (Å²) in [4.78, 5) is 18.6. The molecule has 1 aliphatic rings. The molecule has 0 unspecified atom stereocenters. The Morgan fingerprint density at radius 2 is 1.85 bits per heavy atom. The molecule has 0 atom stereocenters. The Bertz CT molecular complexity index is 1160. The van der Waals surface area contributed by atoms with Gasteiger partial charge in [-0.2, -0.15) is 0 Å². The molecule has 1 aromatic heterocycles. The number of ether oxygens (including phenoxy) is 1. The van der Waals surface area contributed by atoms with Crippen LogP contribution in [0.2, 0.25) is 5.02 Å². The van der Waals surface area contributed by atoms with E-state index in [9.17, 15) is 4.79 Å². The molecule has 1 fully saturated rings. The first kappa shape index (κ1) is 24.7. The molecular weight excluding hydrogens is 486 g/mol. The van der Waals surface area contributed by atoms with Crippen molar-refractivity contribution in [1.29, 1.82) is 0 Å². The van der Waals surface area contributed by atoms with Gasteiger partial charge in [0, 0.05) is 48.2 Å². The molecule has 0 amide bonds. The summed E-state index contributed by atoms with van der Waals surface area (Å²) < 4.78 is 5.40. The maximum Gasteiger partial charge on any atom is 0.341 e. The molecule has 3 aromatic rings. The molecule has 0 spiro atoms. The van der Waals surface area contributed by atoms with Crippen LogP contribution in [0.25, 0.3) is 11.1 Å². The van der Waals surface area contributed by atoms with Crippen molar-refractivity contribution in [2.45, 2.75) is 20.4 Å². The average Bonchev–Trinajstić information content (AvgIpc) is 3.15. The lowest BCUT2D eigenvalue weighted by atomic mass is 10.0. The van der Waals surface area contributed by atoms with Crippen molar-refractivity contribution >= 4 is 51.2 Å². The van der Waals surface area contributed by atoms with Crippen LogP contribution in [-0.4, -0.2) is 53.7 Å². The second kappa shape index (κ2) is 11.3. The van der Waals surface area contributed by atoms with E-state index in [1.165, 1.54) is 16.9 Å². The minimum absolute atomic E-state index is 0.320. The van der Waals surface area contributed by atoms with Crippen LogP contribution in [0.4, 0.5) is 5.00 Å². The summed E-state index contributed by atoms with van der Waals surface area (Å²) in [6, 6.07) is 17.9. The maximum absolute atomic E-state index is 12.9. The summed E-state index contributed by atoms with van der Waals surface area (Å²) in [6.45, 7) is 8.47. The normalized spacial score (nSPS) is 14.1. The number of hydrogen-bond donors (Lipinski definition) is 1. The Hall–Kier alpha value is -2.45. The summed E-state index contributed by atoms with van der Waals surface area (Å²) >= 11 is 13.4. The van der Waals surface area contributed by atoms with E-state index in [0.29, 0.717) is 17.3 Å². The molecule has 5 nitrogen and oxygen atoms in total. The topological polar surface area (TPSA) is 44.8 Å². The fraction of sp³-hybridized carbons (Fsp3) is 0.308. The van der Waals surface area contributed by atoms with Crippen molar-refractivity contribution in [3.05, 3.63) is 75.6 Å². The van der Waals surface area contributed by atoms with E-state index < -0.39 is 0 Å². The van der Waals surface area contributed by atoms with Gasteiger partial charge in [-0.3, -0.25) is 4.90 Å². The molecular formula is C26H28ClN3O2S2. The van der Waals surface area contributed by atoms with Crippen LogP contribution in [-0.2, 0) is 11.3 Å². The lowest BCUT2D eigenvalue weighted by molar-refractivity contribution is 0.0529. The highest BCUT2D eigenvalue weighted by Gasteiger charge is 2.26. The van der Waals surface area contributed by atoms with Gasteiger partial charge in [-0.25, -0.2) is 4.79 Å². The SMILES string of the molecule is CCOC(=O)c1c(NC(=S)N2CCN(Cc3cccc(Cl)c3)CC2)sc(C)c1-c1ccccc1. The van der Waals surface area contributed by atoms with Crippen LogP contribution in [0.1, 0.15) is 27.7 Å². The van der Waals surface area contributed by atoms with Crippen molar-refractivity contribution < 1.29 is 9.53 Å². The number of halogens is 1. The van der Waals surface area contributed by atoms with E-state index in [1.54, 1.807) is 0 Å². The van der Waals surface area contributed by atoms with Crippen molar-refractivity contribution in [3.8, 4) is 11.1 Å². The van der Waals surface area contributed by atoms with Crippen molar-refractivity contribution in [2.24, 2.45) is 0 Å². The van der Waals surface area contributed by atoms with Crippen LogP contribution < -0.4 is 5.32 Å². The number of piperazine rings is 1. The van der Waals surface area contributed by atoms with Crippen LogP contribution in [0.5, 0.6) is 0 Å². The predicted molar refractivity (Wildman–Crippen MR) is 145 cm³/mol. The minimum Gasteiger partial charge on any atom is -0.462 e. The summed E-state index contributed by atoms with van der Waals surface area (Å²) in [6.07, 6.45) is 0. The third kappa shape index (κ3) is 5.78. The molecule has 1 saturated heterocycles. The number of thiocarbonyl (C=S) groups is 1. The van der Waals surface area contributed by atoms with E-state index in [0.717, 1.165) is 58.8 Å². The van der Waals surface area contributed by atoms with Gasteiger partial charge in [0.05, 0.1) is 6.61 Å². The molecule has 4 rings (SSSR count). The molecule has 0 aliphatic carbocycles. The second-order valence-electron chi connectivity index (χ2n) is 8.15. The number of thiophene rings is 1. The number of nitrogens with zero attached hydrogens (tertiary/aromatic N) is 2. The molecule has 0 saturated carbocycles. The van der Waals surface area contributed by atoms with Gasteiger partial charge in [-0.05, 0) is 49.3 Å². The standard InChI is InChI=1S/C26H28ClN3O2S2/c1-3-32-25(31)23-22(20-9-5-4-6-10-20)18(2)34-24(23)28-26(33)30-14-12-29(13-15-30)17-19-8-7-11-21(27)16-19/h4-11,16H,3,12-15,17H2,1-2H3,(H,28,33). The van der Waals surface area contributed by atoms with Crippen LogP contribution in [0.3, 0.4) is 0 Å². The maximum atomic E-state index is 12.9. The number of esters is 1. The van der Waals surface area contributed by atoms with E-state index in [1.807, 2.05) is 62.4 Å². The highest BCUT2D eigenvalue weighted by atomic mass is 35.5. The van der Waals surface area contributed by atoms with E-state index >= 15 is 0 Å². The molecule has 0 radical (unpaired) electrons. The molecule has 178 valence electrons. The smallest absolute Gasteiger partial charge is 0.341 e. The number of benzene rings is 2. The summed E-state index contributed by atoms with van der Waals surface area (Å²) in [5, 5.41) is 5.50. The number of carbonyl (C=O) groups is 1. The van der Waals surface area contributed by atoms with Crippen LogP contribution in [0, 0.1) is 6.92 Å². The van der Waals surface area contributed by atoms with Crippen LogP contribution in [0.15, 0.2) is 54.6 Å². The Kier molecular flexibility index (Phi) is 8.21. The highest BCUT2D eigenvalue weighted by Crippen LogP contribution is 2.40. The lowest BCUT2D eigenvalue weighted by Crippen LogP contribution is -2.49. The Balaban J connectivity index is 1.46. The van der Waals surface area contributed by atoms with Gasteiger partial charge in [-0.15, -0.1) is 11.3 Å². The summed E-state index contributed by atoms with van der Waals surface area (Å²) in [7, 11) is 0. The monoisotopic (exact) mass is 513 g/mol. The number of hydrogen-bond acceptors (Lipinski definition) is 5. The third-order valence-corrected chi connectivity index (χ3v) is 7.42. The van der Waals surface area contributed by atoms with E-state index in [4.69, 9.17) is 28.6 Å². The van der Waals surface area contributed by atoms with Gasteiger partial charge in [0.2, 0.25) is 0 Å². The largest absolute Gasteiger partial charge is 0.462 e. The average molecular weight is 514 g/mol. The van der Waals surface area contributed by atoms with Gasteiger partial charge in [0.1, 0.15) is 10.6 Å². The first-order valence-corrected chi connectivity index (χ1v) is 12.9. The number of carbonyl (C=O) groups excluding carboxylic acids is 1. The van der Waals surface area contributed by atoms with Crippen molar-refractivity contribution in [1.82, 2.24) is 9.80 Å². The van der Waals surface area contributed by atoms with E-state index in [-0.39, 0.29) is 5.97 Å². The third-order valence-electron chi connectivity index (χ3n) is 5.80. The molecule has 1 aliphatic heterocycles. The Labute approximate surface area is 215 Å². The molecule has 2 aromatic carbocycles. The molecule has 2 heterocycles. The zero-order chi connectivity index (χ0) is 24.1. The van der Waals surface area contributed by atoms with Gasteiger partial charge in [0.25, 0.3) is 0 Å². The number of nitrogens with one attached hydrogen (secondary N) is 1. The first-order chi connectivity index (χ1) is 16.5. The highest BCUT2D eigenvalue weighted by molar-refractivity contribution is 7.80. The lowest BCUT2D eigenvalue weighted by Gasteiger charge is -2.36. The summed E-state index contributed by atoms with van der Waals surface area (Å²) in [5.41, 5.74) is 3.66. The second-order valence-corrected chi connectivity index (χ2v) is 10.2. The van der Waals surface area contributed by atoms with Crippen molar-refractivity contribution in [2.75, 3.05) is 38.1 Å². The summed E-state index contributed by atoms with van der Waals surface area (Å²) in [5.74, 6) is -0.331. The Morgan fingerprint density at radius 3 is 2.53 bits per heavy atom. The fourth-order valence-corrected chi connectivity index (χ4v) is 5.79. The number of rotatable bonds is 6. The zero-order valence-corrected chi connectivity index (χ0v) is 21.7. The first-order valence-electron chi connectivity index (χ1n) is 11.3. The Morgan fingerprint density at radius 1 is 1.12 bits per heavy atom. The molecule has 8 heteroatoms. The van der Waals surface area contributed by atoms with Gasteiger partial charge < -0.3 is 15.0 Å². The predicted octanol–water partition coefficient (Wildman–Crippen LogP) is 6.07. The van der Waals surface area contributed by atoms with Gasteiger partial charge in [0.15, 0.2) is 5.11 Å². The van der Waals surface area contributed by atoms with Gasteiger partial charge >= 0.3 is 5.97 Å². The zero-order valence-electron chi connectivity index (χ0n) is 19.3. The minimum atomic E-state index is -0.331. The van der Waals surface area contributed by atoms with E-state index in [2.05, 4.69) is 21.2 Å².